The molecule has 2 aromatic rings. The molecule has 1 aliphatic rings. The summed E-state index contributed by atoms with van der Waals surface area (Å²) in [6.07, 6.45) is 1.58. The van der Waals surface area contributed by atoms with Crippen LogP contribution in [-0.4, -0.2) is 61.2 Å². The van der Waals surface area contributed by atoms with E-state index in [1.165, 1.54) is 10.4 Å². The van der Waals surface area contributed by atoms with E-state index in [1.807, 2.05) is 4.90 Å². The van der Waals surface area contributed by atoms with Gasteiger partial charge < -0.3 is 5.32 Å². The van der Waals surface area contributed by atoms with Crippen molar-refractivity contribution in [2.45, 2.75) is 4.90 Å². The topological polar surface area (TPSA) is 82.6 Å². The molecule has 0 aliphatic carbocycles. The zero-order valence-corrected chi connectivity index (χ0v) is 17.8. The number of aromatic nitrogens is 1. The summed E-state index contributed by atoms with van der Waals surface area (Å²) in [5, 5.41) is 2.46. The first-order valence-corrected chi connectivity index (χ1v) is 11.0. The van der Waals surface area contributed by atoms with Crippen molar-refractivity contribution in [1.29, 1.82) is 0 Å². The zero-order chi connectivity index (χ0) is 20.3. The van der Waals surface area contributed by atoms with Crippen molar-refractivity contribution in [2.24, 2.45) is 0 Å². The van der Waals surface area contributed by atoms with Crippen molar-refractivity contribution < 1.29 is 17.6 Å². The Bertz CT molecular complexity index is 967. The number of hydrogen-bond donors (Lipinski definition) is 1. The second-order valence-electron chi connectivity index (χ2n) is 6.17. The first kappa shape index (κ1) is 21.1. The quantitative estimate of drug-likeness (QED) is 0.695. The highest BCUT2D eigenvalue weighted by atomic mass is 79.9. The molecule has 0 unspecified atom stereocenters. The minimum Gasteiger partial charge on any atom is -0.310 e. The van der Waals surface area contributed by atoms with Crippen LogP contribution < -0.4 is 5.32 Å². The van der Waals surface area contributed by atoms with Crippen molar-refractivity contribution in [3.63, 3.8) is 0 Å². The number of carbonyl (C=O) groups excluding carboxylic acids is 1. The van der Waals surface area contributed by atoms with Crippen LogP contribution in [-0.2, 0) is 14.8 Å². The molecule has 1 N–H and O–H groups in total. The molecule has 0 bridgehead atoms. The van der Waals surface area contributed by atoms with Crippen molar-refractivity contribution in [3.8, 4) is 0 Å². The predicted octanol–water partition coefficient (Wildman–Crippen LogP) is 2.58. The molecule has 1 amide bonds. The third kappa shape index (κ3) is 5.06. The lowest BCUT2D eigenvalue weighted by atomic mass is 10.3. The van der Waals surface area contributed by atoms with E-state index in [2.05, 4.69) is 26.2 Å². The smallest absolute Gasteiger partial charge is 0.243 e. The lowest BCUT2D eigenvalue weighted by molar-refractivity contribution is -0.117. The van der Waals surface area contributed by atoms with Crippen LogP contribution in [0.3, 0.4) is 0 Å². The molecule has 0 spiro atoms. The Hall–Kier alpha value is -1.59. The molecule has 0 radical (unpaired) electrons. The number of nitrogens with one attached hydrogen (secondary N) is 1. The van der Waals surface area contributed by atoms with E-state index in [-0.39, 0.29) is 35.5 Å². The lowest BCUT2D eigenvalue weighted by Crippen LogP contribution is -2.50. The molecule has 150 valence electrons. The number of nitrogens with zero attached hydrogens (tertiary/aromatic N) is 3. The summed E-state index contributed by atoms with van der Waals surface area (Å²) < 4.78 is 40.8. The van der Waals surface area contributed by atoms with Crippen LogP contribution in [0.4, 0.5) is 10.2 Å². The number of carbonyl (C=O) groups is 1. The molecule has 3 rings (SSSR count). The molecule has 11 heteroatoms. The maximum atomic E-state index is 13.3. The first-order valence-electron chi connectivity index (χ1n) is 8.34. The van der Waals surface area contributed by atoms with Gasteiger partial charge in [0.25, 0.3) is 0 Å². The zero-order valence-electron chi connectivity index (χ0n) is 14.6. The van der Waals surface area contributed by atoms with E-state index in [0.717, 1.165) is 16.6 Å². The average molecular weight is 492 g/mol. The van der Waals surface area contributed by atoms with E-state index in [9.17, 15) is 17.6 Å². The van der Waals surface area contributed by atoms with Gasteiger partial charge in [0.15, 0.2) is 0 Å². The number of halogens is 3. The van der Waals surface area contributed by atoms with E-state index in [0.29, 0.717) is 18.9 Å². The highest BCUT2D eigenvalue weighted by molar-refractivity contribution is 9.10. The van der Waals surface area contributed by atoms with E-state index < -0.39 is 15.8 Å². The van der Waals surface area contributed by atoms with Crippen molar-refractivity contribution in [1.82, 2.24) is 14.2 Å². The fourth-order valence-corrected chi connectivity index (χ4v) is 4.68. The lowest BCUT2D eigenvalue weighted by Gasteiger charge is -2.33. The van der Waals surface area contributed by atoms with Crippen LogP contribution in [0.15, 0.2) is 45.9 Å². The molecule has 1 fully saturated rings. The Kier molecular flexibility index (Phi) is 6.66. The van der Waals surface area contributed by atoms with Crippen LogP contribution in [0.1, 0.15) is 0 Å². The molecule has 0 atom stereocenters. The number of sulfonamides is 1. The summed E-state index contributed by atoms with van der Waals surface area (Å²) in [5.41, 5.74) is 0. The number of anilines is 1. The molecule has 1 aromatic carbocycles. The van der Waals surface area contributed by atoms with Crippen LogP contribution in [0, 0.1) is 5.82 Å². The Morgan fingerprint density at radius 3 is 2.54 bits per heavy atom. The summed E-state index contributed by atoms with van der Waals surface area (Å²) in [6.45, 7) is 1.38. The Labute approximate surface area is 175 Å². The largest absolute Gasteiger partial charge is 0.310 e. The van der Waals surface area contributed by atoms with Crippen molar-refractivity contribution >= 4 is 49.3 Å². The molecule has 2 heterocycles. The monoisotopic (exact) mass is 490 g/mol. The van der Waals surface area contributed by atoms with Gasteiger partial charge in [-0.05, 0) is 46.3 Å². The van der Waals surface area contributed by atoms with Gasteiger partial charge in [0.2, 0.25) is 15.9 Å². The molecule has 1 aromatic heterocycles. The third-order valence-corrected chi connectivity index (χ3v) is 6.88. The van der Waals surface area contributed by atoms with Crippen LogP contribution in [0.2, 0.25) is 5.02 Å². The van der Waals surface area contributed by atoms with Gasteiger partial charge >= 0.3 is 0 Å². The molecule has 28 heavy (non-hydrogen) atoms. The predicted molar refractivity (Wildman–Crippen MR) is 107 cm³/mol. The minimum absolute atomic E-state index is 0.0496. The fourth-order valence-electron chi connectivity index (χ4n) is 2.75. The highest BCUT2D eigenvalue weighted by Gasteiger charge is 2.29. The summed E-state index contributed by atoms with van der Waals surface area (Å²) in [6, 6.07) is 6.79. The number of benzene rings is 1. The normalized spacial score (nSPS) is 16.1. The number of hydrogen-bond acceptors (Lipinski definition) is 5. The second kappa shape index (κ2) is 8.83. The molecule has 1 aliphatic heterocycles. The average Bonchev–Trinajstić information content (AvgIpc) is 2.66. The van der Waals surface area contributed by atoms with Gasteiger partial charge in [-0.15, -0.1) is 0 Å². The Morgan fingerprint density at radius 2 is 1.93 bits per heavy atom. The first-order chi connectivity index (χ1) is 13.3. The SMILES string of the molecule is O=C(CN1CCN(S(=O)(=O)c2ccc(F)c(Cl)c2)CC1)Nc1ccc(Br)cn1. The van der Waals surface area contributed by atoms with Crippen molar-refractivity contribution in [3.05, 3.63) is 51.8 Å². The maximum Gasteiger partial charge on any atom is 0.243 e. The number of piperazine rings is 1. The summed E-state index contributed by atoms with van der Waals surface area (Å²) >= 11 is 8.97. The molecule has 7 nitrogen and oxygen atoms in total. The Morgan fingerprint density at radius 1 is 1.21 bits per heavy atom. The molecule has 0 saturated carbocycles. The van der Waals surface area contributed by atoms with E-state index in [1.54, 1.807) is 18.3 Å². The number of pyridine rings is 1. The van der Waals surface area contributed by atoms with Crippen molar-refractivity contribution in [2.75, 3.05) is 38.0 Å². The van der Waals surface area contributed by atoms with Gasteiger partial charge in [0.1, 0.15) is 11.6 Å². The highest BCUT2D eigenvalue weighted by Crippen LogP contribution is 2.23. The minimum atomic E-state index is -3.77. The van der Waals surface area contributed by atoms with Crippen LogP contribution in [0.5, 0.6) is 0 Å². The van der Waals surface area contributed by atoms with Gasteiger partial charge in [-0.3, -0.25) is 9.69 Å². The van der Waals surface area contributed by atoms with Gasteiger partial charge in [-0.25, -0.2) is 17.8 Å². The molecule has 1 saturated heterocycles. The van der Waals surface area contributed by atoms with Crippen LogP contribution in [0.25, 0.3) is 0 Å². The second-order valence-corrected chi connectivity index (χ2v) is 9.43. The van der Waals surface area contributed by atoms with Gasteiger partial charge in [-0.1, -0.05) is 11.6 Å². The third-order valence-electron chi connectivity index (χ3n) is 4.22. The van der Waals surface area contributed by atoms with E-state index >= 15 is 0 Å². The molecular formula is C17H17BrClFN4O3S. The Balaban J connectivity index is 1.55. The van der Waals surface area contributed by atoms with Crippen LogP contribution >= 0.6 is 27.5 Å². The fraction of sp³-hybridized carbons (Fsp3) is 0.294. The standard InChI is InChI=1S/C17H17BrClFN4O3S/c18-12-1-4-16(21-10-12)22-17(25)11-23-5-7-24(8-6-23)28(26,27)13-2-3-15(20)14(19)9-13/h1-4,9-10H,5-8,11H2,(H,21,22,25). The molecular weight excluding hydrogens is 475 g/mol. The van der Waals surface area contributed by atoms with Gasteiger partial charge in [0, 0.05) is 36.8 Å². The maximum absolute atomic E-state index is 13.3. The van der Waals surface area contributed by atoms with E-state index in [4.69, 9.17) is 11.6 Å². The number of amides is 1. The summed E-state index contributed by atoms with van der Waals surface area (Å²) in [7, 11) is -3.77. The summed E-state index contributed by atoms with van der Waals surface area (Å²) in [5.74, 6) is -0.448. The number of rotatable bonds is 5. The van der Waals surface area contributed by atoms with Gasteiger partial charge in [0.05, 0.1) is 16.5 Å². The van der Waals surface area contributed by atoms with Gasteiger partial charge in [-0.2, -0.15) is 4.31 Å². The summed E-state index contributed by atoms with van der Waals surface area (Å²) in [4.78, 5) is 18.0.